The van der Waals surface area contributed by atoms with E-state index >= 15 is 0 Å². The van der Waals surface area contributed by atoms with Crippen LogP contribution in [0.2, 0.25) is 0 Å². The van der Waals surface area contributed by atoms with Crippen molar-refractivity contribution in [2.75, 3.05) is 20.1 Å². The highest BCUT2D eigenvalue weighted by Crippen LogP contribution is 2.10. The Bertz CT molecular complexity index is 106. The summed E-state index contributed by atoms with van der Waals surface area (Å²) in [5.74, 6) is 0. The normalized spacial score (nSPS) is 26.5. The Kier molecular flexibility index (Phi) is 3.34. The second-order valence-electron chi connectivity index (χ2n) is 3.76. The van der Waals surface area contributed by atoms with E-state index < -0.39 is 0 Å². The van der Waals surface area contributed by atoms with Crippen molar-refractivity contribution in [3.8, 4) is 0 Å². The highest BCUT2D eigenvalue weighted by molar-refractivity contribution is 4.77. The van der Waals surface area contributed by atoms with E-state index in [4.69, 9.17) is 0 Å². The summed E-state index contributed by atoms with van der Waals surface area (Å²) in [6, 6.07) is 1.45. The Labute approximate surface area is 70.0 Å². The van der Waals surface area contributed by atoms with Crippen molar-refractivity contribution in [3.63, 3.8) is 0 Å². The molecule has 11 heavy (non-hydrogen) atoms. The summed E-state index contributed by atoms with van der Waals surface area (Å²) in [4.78, 5) is 2.46. The first-order valence-electron chi connectivity index (χ1n) is 4.64. The number of hydrogen-bond donors (Lipinski definition) is 1. The van der Waals surface area contributed by atoms with Gasteiger partial charge in [-0.25, -0.2) is 0 Å². The van der Waals surface area contributed by atoms with Gasteiger partial charge in [-0.1, -0.05) is 0 Å². The predicted octanol–water partition coefficient (Wildman–Crippen LogP) is 1.08. The number of piperidine rings is 1. The fourth-order valence-corrected chi connectivity index (χ4v) is 1.60. The van der Waals surface area contributed by atoms with Crippen LogP contribution in [-0.4, -0.2) is 37.1 Å². The zero-order chi connectivity index (χ0) is 8.27. The molecule has 1 unspecified atom stereocenters. The molecule has 0 aromatic carbocycles. The average molecular weight is 156 g/mol. The zero-order valence-corrected chi connectivity index (χ0v) is 7.93. The van der Waals surface area contributed by atoms with E-state index in [2.05, 4.69) is 31.1 Å². The Morgan fingerprint density at radius 1 is 1.45 bits per heavy atom. The molecule has 1 aliphatic heterocycles. The van der Waals surface area contributed by atoms with Crippen LogP contribution in [0.3, 0.4) is 0 Å². The van der Waals surface area contributed by atoms with Crippen molar-refractivity contribution in [2.24, 2.45) is 0 Å². The van der Waals surface area contributed by atoms with Gasteiger partial charge in [0.05, 0.1) is 0 Å². The van der Waals surface area contributed by atoms with Gasteiger partial charge in [0.1, 0.15) is 0 Å². The first-order chi connectivity index (χ1) is 5.22. The molecule has 1 atom stereocenters. The average Bonchev–Trinajstić information content (AvgIpc) is 2.05. The molecule has 1 rings (SSSR count). The minimum absolute atomic E-state index is 0.680. The van der Waals surface area contributed by atoms with Crippen LogP contribution in [0, 0.1) is 0 Å². The largest absolute Gasteiger partial charge is 0.315 e. The van der Waals surface area contributed by atoms with Gasteiger partial charge in [-0.3, -0.25) is 4.90 Å². The summed E-state index contributed by atoms with van der Waals surface area (Å²) in [5.41, 5.74) is 0. The maximum atomic E-state index is 3.43. The van der Waals surface area contributed by atoms with E-state index in [0.29, 0.717) is 6.04 Å². The van der Waals surface area contributed by atoms with E-state index in [1.165, 1.54) is 25.9 Å². The Morgan fingerprint density at radius 2 is 2.18 bits per heavy atom. The lowest BCUT2D eigenvalue weighted by molar-refractivity contribution is 0.165. The summed E-state index contributed by atoms with van der Waals surface area (Å²) in [6.45, 7) is 6.90. The second-order valence-corrected chi connectivity index (χ2v) is 3.76. The molecule has 1 N–H and O–H groups in total. The molecule has 1 fully saturated rings. The molecular weight excluding hydrogens is 136 g/mol. The third kappa shape index (κ3) is 2.46. The van der Waals surface area contributed by atoms with Crippen LogP contribution in [0.4, 0.5) is 0 Å². The quantitative estimate of drug-likeness (QED) is 0.643. The number of rotatable bonds is 2. The first kappa shape index (κ1) is 9.01. The van der Waals surface area contributed by atoms with Gasteiger partial charge in [-0.05, 0) is 40.3 Å². The summed E-state index contributed by atoms with van der Waals surface area (Å²) in [6.07, 6.45) is 2.70. The summed E-state index contributed by atoms with van der Waals surface area (Å²) in [7, 11) is 2.22. The van der Waals surface area contributed by atoms with Crippen molar-refractivity contribution in [1.82, 2.24) is 10.2 Å². The van der Waals surface area contributed by atoms with Crippen LogP contribution < -0.4 is 5.32 Å². The molecular formula is C9H20N2. The Morgan fingerprint density at radius 3 is 2.64 bits per heavy atom. The van der Waals surface area contributed by atoms with Gasteiger partial charge >= 0.3 is 0 Å². The van der Waals surface area contributed by atoms with Crippen molar-refractivity contribution in [1.29, 1.82) is 0 Å². The van der Waals surface area contributed by atoms with Crippen LogP contribution in [0.1, 0.15) is 26.7 Å². The topological polar surface area (TPSA) is 15.3 Å². The van der Waals surface area contributed by atoms with Gasteiger partial charge in [-0.15, -0.1) is 0 Å². The zero-order valence-electron chi connectivity index (χ0n) is 7.93. The molecule has 1 aliphatic rings. The third-order valence-corrected chi connectivity index (χ3v) is 2.66. The molecule has 0 radical (unpaired) electrons. The fraction of sp³-hybridized carbons (Fsp3) is 1.00. The summed E-state index contributed by atoms with van der Waals surface area (Å²) < 4.78 is 0. The first-order valence-corrected chi connectivity index (χ1v) is 4.64. The molecule has 0 aliphatic carbocycles. The molecule has 0 amide bonds. The van der Waals surface area contributed by atoms with Crippen LogP contribution in [-0.2, 0) is 0 Å². The Balaban J connectivity index is 2.32. The van der Waals surface area contributed by atoms with E-state index in [1.807, 2.05) is 0 Å². The molecule has 1 saturated heterocycles. The molecule has 0 aromatic heterocycles. The van der Waals surface area contributed by atoms with Crippen molar-refractivity contribution in [3.05, 3.63) is 0 Å². The van der Waals surface area contributed by atoms with Crippen molar-refractivity contribution in [2.45, 2.75) is 38.8 Å². The van der Waals surface area contributed by atoms with Crippen molar-refractivity contribution >= 4 is 0 Å². The molecule has 0 bridgehead atoms. The van der Waals surface area contributed by atoms with Gasteiger partial charge in [0.2, 0.25) is 0 Å². The summed E-state index contributed by atoms with van der Waals surface area (Å²) >= 11 is 0. The van der Waals surface area contributed by atoms with Gasteiger partial charge in [0, 0.05) is 18.6 Å². The highest BCUT2D eigenvalue weighted by atomic mass is 15.2. The van der Waals surface area contributed by atoms with E-state index in [9.17, 15) is 0 Å². The molecule has 0 spiro atoms. The SMILES string of the molecule is CC(C)N(C)C1CCCNC1. The molecule has 66 valence electrons. The standard InChI is InChI=1S/C9H20N2/c1-8(2)11(3)9-5-4-6-10-7-9/h8-10H,4-7H2,1-3H3. The van der Waals surface area contributed by atoms with Crippen LogP contribution in [0.5, 0.6) is 0 Å². The van der Waals surface area contributed by atoms with Gasteiger partial charge < -0.3 is 5.32 Å². The lowest BCUT2D eigenvalue weighted by Crippen LogP contribution is -2.46. The summed E-state index contributed by atoms with van der Waals surface area (Å²) in [5, 5.41) is 3.43. The van der Waals surface area contributed by atoms with Gasteiger partial charge in [0.25, 0.3) is 0 Å². The Hall–Kier alpha value is -0.0800. The number of nitrogens with zero attached hydrogens (tertiary/aromatic N) is 1. The van der Waals surface area contributed by atoms with Gasteiger partial charge in [-0.2, -0.15) is 0 Å². The molecule has 1 heterocycles. The number of nitrogens with one attached hydrogen (secondary N) is 1. The second kappa shape index (κ2) is 4.07. The maximum Gasteiger partial charge on any atom is 0.0220 e. The lowest BCUT2D eigenvalue weighted by Gasteiger charge is -2.34. The van der Waals surface area contributed by atoms with Crippen LogP contribution >= 0.6 is 0 Å². The van der Waals surface area contributed by atoms with Crippen LogP contribution in [0.25, 0.3) is 0 Å². The van der Waals surface area contributed by atoms with E-state index in [1.54, 1.807) is 0 Å². The van der Waals surface area contributed by atoms with E-state index in [0.717, 1.165) is 6.04 Å². The van der Waals surface area contributed by atoms with E-state index in [-0.39, 0.29) is 0 Å². The highest BCUT2D eigenvalue weighted by Gasteiger charge is 2.18. The molecule has 0 saturated carbocycles. The number of hydrogen-bond acceptors (Lipinski definition) is 2. The molecule has 2 heteroatoms. The van der Waals surface area contributed by atoms with Crippen molar-refractivity contribution < 1.29 is 0 Å². The lowest BCUT2D eigenvalue weighted by atomic mass is 10.1. The smallest absolute Gasteiger partial charge is 0.0220 e. The minimum Gasteiger partial charge on any atom is -0.315 e. The number of likely N-dealkylation sites (N-methyl/N-ethyl adjacent to an activating group) is 1. The molecule has 2 nitrogen and oxygen atoms in total. The van der Waals surface area contributed by atoms with Crippen LogP contribution in [0.15, 0.2) is 0 Å². The third-order valence-electron chi connectivity index (χ3n) is 2.66. The fourth-order valence-electron chi connectivity index (χ4n) is 1.60. The van der Waals surface area contributed by atoms with Gasteiger partial charge in [0.15, 0.2) is 0 Å². The predicted molar refractivity (Wildman–Crippen MR) is 48.8 cm³/mol. The maximum absolute atomic E-state index is 3.43. The monoisotopic (exact) mass is 156 g/mol. The minimum atomic E-state index is 0.680. The molecule has 0 aromatic rings.